The topological polar surface area (TPSA) is 78.7 Å². The van der Waals surface area contributed by atoms with Gasteiger partial charge in [-0.25, -0.2) is 4.79 Å². The van der Waals surface area contributed by atoms with E-state index in [1.807, 2.05) is 19.9 Å². The first-order valence-corrected chi connectivity index (χ1v) is 6.46. The van der Waals surface area contributed by atoms with Crippen molar-refractivity contribution < 1.29 is 14.1 Å². The molecule has 0 unspecified atom stereocenters. The van der Waals surface area contributed by atoms with Crippen molar-refractivity contribution in [3.63, 3.8) is 0 Å². The van der Waals surface area contributed by atoms with Gasteiger partial charge in [0, 0.05) is 33.1 Å². The number of rotatable bonds is 5. The number of nitrogens with one attached hydrogen (secondary N) is 1. The number of carbonyl (C=O) groups is 2. The predicted octanol–water partition coefficient (Wildman–Crippen LogP) is 1.03. The van der Waals surface area contributed by atoms with E-state index in [0.29, 0.717) is 12.2 Å². The van der Waals surface area contributed by atoms with Crippen LogP contribution in [0.15, 0.2) is 10.6 Å². The smallest absolute Gasteiger partial charge is 0.317 e. The minimum absolute atomic E-state index is 0.0393. The Balaban J connectivity index is 2.46. The highest BCUT2D eigenvalue weighted by atomic mass is 16.5. The zero-order chi connectivity index (χ0) is 15.3. The SMILES string of the molecule is CC(C)c1cc(CN(C)C(=O)CNC(=O)N(C)C)no1. The number of carbonyl (C=O) groups excluding carboxylic acids is 2. The van der Waals surface area contributed by atoms with Gasteiger partial charge in [0.05, 0.1) is 13.1 Å². The third-order valence-electron chi connectivity index (χ3n) is 2.77. The van der Waals surface area contributed by atoms with Crippen molar-refractivity contribution in [2.45, 2.75) is 26.3 Å². The molecule has 1 heterocycles. The molecule has 0 saturated heterocycles. The molecule has 3 amide bonds. The molecule has 7 heteroatoms. The molecule has 0 aliphatic rings. The van der Waals surface area contributed by atoms with Gasteiger partial charge in [-0.1, -0.05) is 19.0 Å². The highest BCUT2D eigenvalue weighted by Crippen LogP contribution is 2.15. The van der Waals surface area contributed by atoms with E-state index in [2.05, 4.69) is 10.5 Å². The van der Waals surface area contributed by atoms with Crippen LogP contribution in [0, 0.1) is 0 Å². The van der Waals surface area contributed by atoms with Crippen LogP contribution in [0.5, 0.6) is 0 Å². The molecular weight excluding hydrogens is 260 g/mol. The highest BCUT2D eigenvalue weighted by molar-refractivity contribution is 5.83. The largest absolute Gasteiger partial charge is 0.361 e. The lowest BCUT2D eigenvalue weighted by molar-refractivity contribution is -0.129. The fourth-order valence-electron chi connectivity index (χ4n) is 1.45. The Labute approximate surface area is 118 Å². The van der Waals surface area contributed by atoms with Crippen LogP contribution in [-0.4, -0.2) is 54.6 Å². The van der Waals surface area contributed by atoms with E-state index in [4.69, 9.17) is 4.52 Å². The Bertz CT molecular complexity index is 468. The summed E-state index contributed by atoms with van der Waals surface area (Å²) in [6.07, 6.45) is 0. The third-order valence-corrected chi connectivity index (χ3v) is 2.77. The van der Waals surface area contributed by atoms with Crippen LogP contribution in [-0.2, 0) is 11.3 Å². The standard InChI is InChI=1S/C13H22N4O3/c1-9(2)11-6-10(15-20-11)8-17(5)12(18)7-14-13(19)16(3)4/h6,9H,7-8H2,1-5H3,(H,14,19). The maximum absolute atomic E-state index is 11.8. The summed E-state index contributed by atoms with van der Waals surface area (Å²) < 4.78 is 5.17. The Morgan fingerprint density at radius 1 is 1.35 bits per heavy atom. The molecule has 0 aliphatic carbocycles. The van der Waals surface area contributed by atoms with Crippen molar-refractivity contribution in [1.29, 1.82) is 0 Å². The lowest BCUT2D eigenvalue weighted by Crippen LogP contribution is -2.41. The molecule has 0 atom stereocenters. The molecule has 0 spiro atoms. The van der Waals surface area contributed by atoms with Crippen LogP contribution in [0.2, 0.25) is 0 Å². The maximum atomic E-state index is 11.8. The molecule has 0 radical (unpaired) electrons. The second-order valence-electron chi connectivity index (χ2n) is 5.18. The number of amides is 3. The Morgan fingerprint density at radius 2 is 2.00 bits per heavy atom. The summed E-state index contributed by atoms with van der Waals surface area (Å²) in [4.78, 5) is 26.0. The van der Waals surface area contributed by atoms with Crippen LogP contribution in [0.4, 0.5) is 4.79 Å². The summed E-state index contributed by atoms with van der Waals surface area (Å²) in [6, 6.07) is 1.54. The van der Waals surface area contributed by atoms with E-state index in [0.717, 1.165) is 5.76 Å². The first-order chi connectivity index (χ1) is 9.31. The zero-order valence-electron chi connectivity index (χ0n) is 12.6. The molecule has 0 aliphatic heterocycles. The fourth-order valence-corrected chi connectivity index (χ4v) is 1.45. The van der Waals surface area contributed by atoms with Gasteiger partial charge >= 0.3 is 6.03 Å². The quantitative estimate of drug-likeness (QED) is 0.874. The van der Waals surface area contributed by atoms with Crippen LogP contribution in [0.3, 0.4) is 0 Å². The minimum atomic E-state index is -0.296. The molecule has 7 nitrogen and oxygen atoms in total. The summed E-state index contributed by atoms with van der Waals surface area (Å²) >= 11 is 0. The molecular formula is C13H22N4O3. The molecule has 112 valence electrons. The molecule has 0 bridgehead atoms. The highest BCUT2D eigenvalue weighted by Gasteiger charge is 2.14. The summed E-state index contributed by atoms with van der Waals surface area (Å²) in [5.74, 6) is 0.868. The van der Waals surface area contributed by atoms with E-state index in [9.17, 15) is 9.59 Å². The van der Waals surface area contributed by atoms with Gasteiger partial charge in [-0.05, 0) is 0 Å². The van der Waals surface area contributed by atoms with Gasteiger partial charge in [-0.15, -0.1) is 0 Å². The number of nitrogens with zero attached hydrogens (tertiary/aromatic N) is 3. The maximum Gasteiger partial charge on any atom is 0.317 e. The van der Waals surface area contributed by atoms with Gasteiger partial charge in [0.2, 0.25) is 5.91 Å². The van der Waals surface area contributed by atoms with E-state index in [1.54, 1.807) is 21.1 Å². The lowest BCUT2D eigenvalue weighted by atomic mass is 10.1. The van der Waals surface area contributed by atoms with Crippen molar-refractivity contribution in [2.24, 2.45) is 0 Å². The van der Waals surface area contributed by atoms with Gasteiger partial charge in [0.15, 0.2) is 0 Å². The Morgan fingerprint density at radius 3 is 2.50 bits per heavy atom. The summed E-state index contributed by atoms with van der Waals surface area (Å²) in [5, 5.41) is 6.44. The lowest BCUT2D eigenvalue weighted by Gasteiger charge is -2.17. The molecule has 20 heavy (non-hydrogen) atoms. The van der Waals surface area contributed by atoms with Crippen LogP contribution in [0.1, 0.15) is 31.2 Å². The number of likely N-dealkylation sites (N-methyl/N-ethyl adjacent to an activating group) is 1. The van der Waals surface area contributed by atoms with Crippen LogP contribution in [0.25, 0.3) is 0 Å². The second kappa shape index (κ2) is 6.93. The van der Waals surface area contributed by atoms with Gasteiger partial charge in [0.1, 0.15) is 11.5 Å². The zero-order valence-corrected chi connectivity index (χ0v) is 12.6. The fraction of sp³-hybridized carbons (Fsp3) is 0.615. The van der Waals surface area contributed by atoms with Gasteiger partial charge in [-0.3, -0.25) is 4.79 Å². The van der Waals surface area contributed by atoms with Gasteiger partial charge in [-0.2, -0.15) is 0 Å². The summed E-state index contributed by atoms with van der Waals surface area (Å²) in [7, 11) is 4.90. The van der Waals surface area contributed by atoms with Gasteiger partial charge in [0.25, 0.3) is 0 Å². The van der Waals surface area contributed by atoms with E-state index < -0.39 is 0 Å². The molecule has 1 aromatic heterocycles. The first-order valence-electron chi connectivity index (χ1n) is 6.46. The van der Waals surface area contributed by atoms with Crippen molar-refractivity contribution in [3.05, 3.63) is 17.5 Å². The summed E-state index contributed by atoms with van der Waals surface area (Å²) in [6.45, 7) is 4.33. The van der Waals surface area contributed by atoms with E-state index in [-0.39, 0.29) is 24.4 Å². The Kier molecular flexibility index (Phi) is 5.54. The predicted molar refractivity (Wildman–Crippen MR) is 74.2 cm³/mol. The Hall–Kier alpha value is -2.05. The molecule has 0 saturated carbocycles. The number of hydrogen-bond acceptors (Lipinski definition) is 4. The van der Waals surface area contributed by atoms with Crippen LogP contribution < -0.4 is 5.32 Å². The van der Waals surface area contributed by atoms with Crippen molar-refractivity contribution in [2.75, 3.05) is 27.7 Å². The van der Waals surface area contributed by atoms with Crippen molar-refractivity contribution in [3.8, 4) is 0 Å². The minimum Gasteiger partial charge on any atom is -0.361 e. The van der Waals surface area contributed by atoms with E-state index >= 15 is 0 Å². The second-order valence-corrected chi connectivity index (χ2v) is 5.18. The number of hydrogen-bond donors (Lipinski definition) is 1. The normalized spacial score (nSPS) is 10.5. The van der Waals surface area contributed by atoms with Gasteiger partial charge < -0.3 is 19.6 Å². The molecule has 0 aromatic carbocycles. The molecule has 0 fully saturated rings. The first kappa shape index (κ1) is 16.0. The van der Waals surface area contributed by atoms with Crippen LogP contribution >= 0.6 is 0 Å². The molecule has 1 rings (SSSR count). The molecule has 1 N–H and O–H groups in total. The average Bonchev–Trinajstić information content (AvgIpc) is 2.83. The van der Waals surface area contributed by atoms with E-state index in [1.165, 1.54) is 9.80 Å². The number of urea groups is 1. The van der Waals surface area contributed by atoms with Crippen molar-refractivity contribution in [1.82, 2.24) is 20.3 Å². The van der Waals surface area contributed by atoms with Crippen molar-refractivity contribution >= 4 is 11.9 Å². The third kappa shape index (κ3) is 4.56. The monoisotopic (exact) mass is 282 g/mol. The summed E-state index contributed by atoms with van der Waals surface area (Å²) in [5.41, 5.74) is 0.698. The molecule has 1 aromatic rings. The average molecular weight is 282 g/mol. The number of aromatic nitrogens is 1.